The Morgan fingerprint density at radius 1 is 0.455 bits per heavy atom. The van der Waals surface area contributed by atoms with Crippen molar-refractivity contribution in [2.75, 3.05) is 33.0 Å². The van der Waals surface area contributed by atoms with Crippen molar-refractivity contribution in [1.82, 2.24) is 0 Å². The molecule has 0 rings (SSSR count). The lowest BCUT2D eigenvalue weighted by Gasteiger charge is -2.20. The summed E-state index contributed by atoms with van der Waals surface area (Å²) in [5, 5.41) is 0. The maximum absolute atomic E-state index is 12.6. The average Bonchev–Trinajstić information content (AvgIpc) is 3.31. The summed E-state index contributed by atoms with van der Waals surface area (Å²) in [5.74, 6) is -0.412. The third-order valence-corrected chi connectivity index (χ3v) is 10.1. The monoisotopic (exact) mass is 930 g/mol. The smallest absolute Gasteiger partial charge is 0.457 e. The first-order chi connectivity index (χ1) is 32.4. The van der Waals surface area contributed by atoms with Crippen molar-refractivity contribution in [3.05, 3.63) is 170 Å². The summed E-state index contributed by atoms with van der Waals surface area (Å²) in [6.45, 7) is 4.44. The maximum atomic E-state index is 12.6. The van der Waals surface area contributed by atoms with Gasteiger partial charge in [-0.2, -0.15) is 0 Å². The molecule has 0 aliphatic rings. The summed E-state index contributed by atoms with van der Waals surface area (Å²) in [6, 6.07) is 0. The van der Waals surface area contributed by atoms with Crippen LogP contribution in [-0.4, -0.2) is 49.9 Å². The molecule has 0 fully saturated rings. The SMILES string of the molecule is CC/C=C\C/C=C\C/C=C\C/C=C\C/C=C\C/C=C\C/C=C\CCCCOCC(COP(=O)(O)OCCN)OC(=O)CCC/C=C\C/C=C\C/C=C\C/C=C\C/C=C\C/C=C\C/C=C\CC. The van der Waals surface area contributed by atoms with Gasteiger partial charge in [0.25, 0.3) is 0 Å². The van der Waals surface area contributed by atoms with Gasteiger partial charge in [0.15, 0.2) is 0 Å². The fourth-order valence-corrected chi connectivity index (χ4v) is 6.38. The Morgan fingerprint density at radius 2 is 0.788 bits per heavy atom. The van der Waals surface area contributed by atoms with Crippen LogP contribution in [0.25, 0.3) is 0 Å². The lowest BCUT2D eigenvalue weighted by Crippen LogP contribution is -2.28. The molecule has 0 heterocycles. The molecular formula is C57H88NO7P. The van der Waals surface area contributed by atoms with E-state index in [9.17, 15) is 14.3 Å². The Bertz CT molecular complexity index is 1610. The van der Waals surface area contributed by atoms with Crippen LogP contribution in [0.5, 0.6) is 0 Å². The summed E-state index contributed by atoms with van der Waals surface area (Å²) >= 11 is 0. The molecule has 0 amide bonds. The summed E-state index contributed by atoms with van der Waals surface area (Å²) in [5.41, 5.74) is 5.38. The molecule has 2 atom stereocenters. The third kappa shape index (κ3) is 50.9. The summed E-state index contributed by atoms with van der Waals surface area (Å²) in [7, 11) is -4.33. The molecule has 9 heteroatoms. The fraction of sp³-hybridized carbons (Fsp3) is 0.491. The molecule has 0 saturated carbocycles. The highest BCUT2D eigenvalue weighted by molar-refractivity contribution is 7.47. The van der Waals surface area contributed by atoms with Crippen LogP contribution >= 0.6 is 7.82 Å². The quantitative estimate of drug-likeness (QED) is 0.0268. The van der Waals surface area contributed by atoms with E-state index in [4.69, 9.17) is 24.3 Å². The molecule has 0 aliphatic carbocycles. The number of carbonyl (C=O) groups is 1. The Balaban J connectivity index is 4.24. The zero-order chi connectivity index (χ0) is 48.0. The highest BCUT2D eigenvalue weighted by Crippen LogP contribution is 2.43. The van der Waals surface area contributed by atoms with Crippen LogP contribution < -0.4 is 5.73 Å². The van der Waals surface area contributed by atoms with Crippen LogP contribution in [0.2, 0.25) is 0 Å². The minimum absolute atomic E-state index is 0.0486. The van der Waals surface area contributed by atoms with E-state index in [1.165, 1.54) is 0 Å². The van der Waals surface area contributed by atoms with Crippen molar-refractivity contribution in [3.63, 3.8) is 0 Å². The molecule has 0 aromatic heterocycles. The van der Waals surface area contributed by atoms with Gasteiger partial charge in [-0.05, 0) is 122 Å². The minimum atomic E-state index is -4.33. The Hall–Kier alpha value is -4.14. The lowest BCUT2D eigenvalue weighted by molar-refractivity contribution is -0.154. The van der Waals surface area contributed by atoms with Crippen molar-refractivity contribution in [2.24, 2.45) is 5.73 Å². The van der Waals surface area contributed by atoms with Crippen molar-refractivity contribution in [3.8, 4) is 0 Å². The van der Waals surface area contributed by atoms with Gasteiger partial charge in [0.2, 0.25) is 0 Å². The van der Waals surface area contributed by atoms with Gasteiger partial charge < -0.3 is 20.1 Å². The number of rotatable bonds is 44. The van der Waals surface area contributed by atoms with Crippen LogP contribution in [0.1, 0.15) is 142 Å². The Labute approximate surface area is 402 Å². The molecule has 368 valence electrons. The number of hydrogen-bond donors (Lipinski definition) is 2. The van der Waals surface area contributed by atoms with E-state index in [1.807, 2.05) is 0 Å². The van der Waals surface area contributed by atoms with Gasteiger partial charge >= 0.3 is 13.8 Å². The first-order valence-electron chi connectivity index (χ1n) is 24.6. The van der Waals surface area contributed by atoms with E-state index in [2.05, 4.69) is 184 Å². The second kappa shape index (κ2) is 51.8. The maximum Gasteiger partial charge on any atom is 0.472 e. The molecule has 0 aliphatic heterocycles. The number of nitrogens with two attached hydrogens (primary N) is 1. The molecule has 66 heavy (non-hydrogen) atoms. The van der Waals surface area contributed by atoms with E-state index < -0.39 is 19.9 Å². The molecule has 3 N–H and O–H groups in total. The van der Waals surface area contributed by atoms with Gasteiger partial charge in [0.1, 0.15) is 6.10 Å². The molecule has 0 radical (unpaired) electrons. The van der Waals surface area contributed by atoms with E-state index in [0.717, 1.165) is 116 Å². The highest BCUT2D eigenvalue weighted by atomic mass is 31.2. The molecule has 2 unspecified atom stereocenters. The van der Waals surface area contributed by atoms with Crippen LogP contribution in [0, 0.1) is 0 Å². The van der Waals surface area contributed by atoms with Crippen LogP contribution in [0.4, 0.5) is 0 Å². The van der Waals surface area contributed by atoms with Crippen molar-refractivity contribution >= 4 is 13.8 Å². The van der Waals surface area contributed by atoms with Crippen LogP contribution in [0.15, 0.2) is 170 Å². The highest BCUT2D eigenvalue weighted by Gasteiger charge is 2.25. The normalized spacial score (nSPS) is 14.8. The first-order valence-corrected chi connectivity index (χ1v) is 26.1. The fourth-order valence-electron chi connectivity index (χ4n) is 5.61. The summed E-state index contributed by atoms with van der Waals surface area (Å²) in [6.07, 6.45) is 78.3. The second-order valence-corrected chi connectivity index (χ2v) is 16.7. The molecule has 0 bridgehead atoms. The predicted molar refractivity (Wildman–Crippen MR) is 283 cm³/mol. The number of hydrogen-bond acceptors (Lipinski definition) is 7. The molecule has 0 saturated heterocycles. The summed E-state index contributed by atoms with van der Waals surface area (Å²) in [4.78, 5) is 22.6. The topological polar surface area (TPSA) is 117 Å². The van der Waals surface area contributed by atoms with Gasteiger partial charge in [-0.15, -0.1) is 0 Å². The van der Waals surface area contributed by atoms with Crippen molar-refractivity contribution < 1.29 is 32.8 Å². The van der Waals surface area contributed by atoms with Crippen LogP contribution in [0.3, 0.4) is 0 Å². The number of allylic oxidation sites excluding steroid dienone is 28. The molecular weight excluding hydrogens is 842 g/mol. The van der Waals surface area contributed by atoms with Gasteiger partial charge in [0.05, 0.1) is 19.8 Å². The molecule has 0 spiro atoms. The second-order valence-electron chi connectivity index (χ2n) is 15.2. The van der Waals surface area contributed by atoms with E-state index in [-0.39, 0.29) is 32.8 Å². The van der Waals surface area contributed by atoms with Crippen molar-refractivity contribution in [1.29, 1.82) is 0 Å². The van der Waals surface area contributed by atoms with Crippen molar-refractivity contribution in [2.45, 2.75) is 148 Å². The first kappa shape index (κ1) is 61.9. The Kier molecular flexibility index (Phi) is 48.6. The standard InChI is InChI=1S/C57H88NO7P/c1-3-5-7-9-11-13-15-17-19-21-23-25-27-29-31-33-35-37-39-41-43-45-47-49-52-62-54-56(55-64-66(60,61)63-53-51-58)65-57(59)50-48-46-44-42-40-38-36-34-32-30-28-26-24-22-20-18-16-14-12-10-8-6-4-2/h5-8,11-14,17-20,23-26,29-32,35-38,41-44,56H,3-4,9-10,15-16,21-22,27-28,33-34,39-40,45-55,58H2,1-2H3,(H,60,61)/b7-5-,8-6-,13-11-,14-12-,19-17-,20-18-,25-23-,26-24-,31-29-,32-30-,37-35-,38-36-,43-41-,44-42-. The number of phosphoric ester groups is 1. The Morgan fingerprint density at radius 3 is 1.14 bits per heavy atom. The third-order valence-electron chi connectivity index (χ3n) is 9.13. The summed E-state index contributed by atoms with van der Waals surface area (Å²) < 4.78 is 33.4. The zero-order valence-electron chi connectivity index (χ0n) is 40.8. The van der Waals surface area contributed by atoms with Crippen LogP contribution in [-0.2, 0) is 27.9 Å². The van der Waals surface area contributed by atoms with Gasteiger partial charge in [-0.1, -0.05) is 184 Å². The average molecular weight is 930 g/mol. The number of esters is 1. The zero-order valence-corrected chi connectivity index (χ0v) is 41.7. The largest absolute Gasteiger partial charge is 0.472 e. The van der Waals surface area contributed by atoms with E-state index >= 15 is 0 Å². The lowest BCUT2D eigenvalue weighted by atomic mass is 10.2. The molecule has 8 nitrogen and oxygen atoms in total. The number of unbranched alkanes of at least 4 members (excludes halogenated alkanes) is 3. The van der Waals surface area contributed by atoms with E-state index in [1.54, 1.807) is 0 Å². The molecule has 0 aromatic carbocycles. The number of phosphoric acid groups is 1. The van der Waals surface area contributed by atoms with Gasteiger partial charge in [-0.3, -0.25) is 13.8 Å². The molecule has 0 aromatic rings. The number of ether oxygens (including phenoxy) is 2. The number of carbonyl (C=O) groups excluding carboxylic acids is 1. The van der Waals surface area contributed by atoms with Gasteiger partial charge in [0, 0.05) is 19.6 Å². The van der Waals surface area contributed by atoms with E-state index in [0.29, 0.717) is 13.0 Å². The van der Waals surface area contributed by atoms with Gasteiger partial charge in [-0.25, -0.2) is 4.57 Å². The minimum Gasteiger partial charge on any atom is -0.457 e. The predicted octanol–water partition coefficient (Wildman–Crippen LogP) is 15.6.